The summed E-state index contributed by atoms with van der Waals surface area (Å²) < 4.78 is 0. The summed E-state index contributed by atoms with van der Waals surface area (Å²) in [6, 6.07) is 18.2. The Morgan fingerprint density at radius 1 is 1.03 bits per heavy atom. The van der Waals surface area contributed by atoms with Crippen LogP contribution in [0.3, 0.4) is 0 Å². The minimum absolute atomic E-state index is 0.157. The standard InChI is InChI=1S/C25H21N3O3/c1-15-6-11-22(24(30)26-15)28-14-19-13-20(9-10-21(19)25(28)31)27-23(29)18-8-7-16-4-2-3-5-17(16)12-18/h2-5,7-10,12-13,22H,1,6,11,14H2,(H,26,30)(H,27,29). The van der Waals surface area contributed by atoms with Crippen LogP contribution in [0.1, 0.15) is 39.1 Å². The summed E-state index contributed by atoms with van der Waals surface area (Å²) in [5.41, 5.74) is 3.24. The third-order valence-corrected chi connectivity index (χ3v) is 5.91. The molecule has 0 spiro atoms. The SMILES string of the molecule is C=C1CCC(N2Cc3cc(NC(=O)c4ccc5ccccc5c4)ccc3C2=O)C(=O)N1. The van der Waals surface area contributed by atoms with Crippen molar-refractivity contribution in [3.05, 3.63) is 89.6 Å². The molecule has 0 aliphatic carbocycles. The van der Waals surface area contributed by atoms with E-state index in [0.717, 1.165) is 16.3 Å². The number of carbonyl (C=O) groups is 3. The van der Waals surface area contributed by atoms with E-state index in [1.54, 1.807) is 23.1 Å². The molecule has 0 bridgehead atoms. The fourth-order valence-corrected chi connectivity index (χ4v) is 4.27. The van der Waals surface area contributed by atoms with Gasteiger partial charge in [0.15, 0.2) is 0 Å². The van der Waals surface area contributed by atoms with Gasteiger partial charge < -0.3 is 15.5 Å². The first-order valence-electron chi connectivity index (χ1n) is 10.2. The molecule has 2 N–H and O–H groups in total. The second-order valence-electron chi connectivity index (χ2n) is 7.97. The summed E-state index contributed by atoms with van der Waals surface area (Å²) in [7, 11) is 0. The number of nitrogens with zero attached hydrogens (tertiary/aromatic N) is 1. The number of piperidine rings is 1. The van der Waals surface area contributed by atoms with Gasteiger partial charge in [0, 0.05) is 29.1 Å². The molecule has 6 nitrogen and oxygen atoms in total. The molecule has 0 saturated carbocycles. The average Bonchev–Trinajstić information content (AvgIpc) is 3.09. The molecule has 2 aliphatic rings. The molecule has 6 heteroatoms. The molecule has 0 radical (unpaired) electrons. The van der Waals surface area contributed by atoms with Gasteiger partial charge >= 0.3 is 0 Å². The van der Waals surface area contributed by atoms with Gasteiger partial charge in [0.1, 0.15) is 6.04 Å². The van der Waals surface area contributed by atoms with Crippen LogP contribution in [0, 0.1) is 0 Å². The van der Waals surface area contributed by atoms with Gasteiger partial charge in [-0.15, -0.1) is 0 Å². The van der Waals surface area contributed by atoms with Crippen LogP contribution < -0.4 is 10.6 Å². The van der Waals surface area contributed by atoms with E-state index in [1.807, 2.05) is 42.5 Å². The number of nitrogens with one attached hydrogen (secondary N) is 2. The largest absolute Gasteiger partial charge is 0.329 e. The normalized spacial score (nSPS) is 18.1. The molecule has 5 rings (SSSR count). The first-order chi connectivity index (χ1) is 15.0. The number of carbonyl (C=O) groups excluding carboxylic acids is 3. The monoisotopic (exact) mass is 411 g/mol. The Morgan fingerprint density at radius 2 is 1.84 bits per heavy atom. The van der Waals surface area contributed by atoms with Crippen molar-refractivity contribution in [3.8, 4) is 0 Å². The molecule has 0 aromatic heterocycles. The van der Waals surface area contributed by atoms with Crippen LogP contribution in [0.15, 0.2) is 72.9 Å². The van der Waals surface area contributed by atoms with E-state index in [2.05, 4.69) is 17.2 Å². The summed E-state index contributed by atoms with van der Waals surface area (Å²) in [6.07, 6.45) is 1.22. The third kappa shape index (κ3) is 3.46. The zero-order valence-corrected chi connectivity index (χ0v) is 16.9. The van der Waals surface area contributed by atoms with Crippen molar-refractivity contribution in [2.24, 2.45) is 0 Å². The van der Waals surface area contributed by atoms with Crippen LogP contribution in [-0.2, 0) is 11.3 Å². The molecule has 3 aromatic carbocycles. The highest BCUT2D eigenvalue weighted by Gasteiger charge is 2.38. The molecule has 154 valence electrons. The first kappa shape index (κ1) is 19.1. The minimum Gasteiger partial charge on any atom is -0.329 e. The van der Waals surface area contributed by atoms with E-state index in [1.165, 1.54) is 0 Å². The summed E-state index contributed by atoms with van der Waals surface area (Å²) in [6.45, 7) is 4.14. The molecule has 2 heterocycles. The summed E-state index contributed by atoms with van der Waals surface area (Å²) >= 11 is 0. The third-order valence-electron chi connectivity index (χ3n) is 5.91. The van der Waals surface area contributed by atoms with Gasteiger partial charge in [-0.3, -0.25) is 14.4 Å². The number of anilines is 1. The minimum atomic E-state index is -0.499. The number of hydrogen-bond acceptors (Lipinski definition) is 3. The smallest absolute Gasteiger partial charge is 0.255 e. The van der Waals surface area contributed by atoms with E-state index < -0.39 is 6.04 Å². The average molecular weight is 411 g/mol. The lowest BCUT2D eigenvalue weighted by Crippen LogP contribution is -2.49. The maximum atomic E-state index is 12.8. The van der Waals surface area contributed by atoms with E-state index in [-0.39, 0.29) is 17.7 Å². The molecular formula is C25H21N3O3. The van der Waals surface area contributed by atoms with Crippen molar-refractivity contribution in [3.63, 3.8) is 0 Å². The molecule has 3 amide bonds. The molecule has 1 atom stereocenters. The van der Waals surface area contributed by atoms with Crippen molar-refractivity contribution >= 4 is 34.2 Å². The Kier molecular flexibility index (Phi) is 4.55. The van der Waals surface area contributed by atoms with Crippen molar-refractivity contribution in [1.29, 1.82) is 0 Å². The lowest BCUT2D eigenvalue weighted by molar-refractivity contribution is -0.126. The molecule has 1 fully saturated rings. The highest BCUT2D eigenvalue weighted by molar-refractivity contribution is 6.07. The van der Waals surface area contributed by atoms with Crippen LogP contribution >= 0.6 is 0 Å². The van der Waals surface area contributed by atoms with E-state index in [0.29, 0.717) is 41.9 Å². The van der Waals surface area contributed by atoms with Gasteiger partial charge in [-0.25, -0.2) is 0 Å². The fraction of sp³-hybridized carbons (Fsp3) is 0.160. The quantitative estimate of drug-likeness (QED) is 0.687. The van der Waals surface area contributed by atoms with Gasteiger partial charge in [0.2, 0.25) is 5.91 Å². The Morgan fingerprint density at radius 3 is 2.65 bits per heavy atom. The number of allylic oxidation sites excluding steroid dienone is 1. The number of fused-ring (bicyclic) bond motifs is 2. The van der Waals surface area contributed by atoms with Crippen molar-refractivity contribution in [1.82, 2.24) is 10.2 Å². The Balaban J connectivity index is 1.34. The maximum Gasteiger partial charge on any atom is 0.255 e. The van der Waals surface area contributed by atoms with Gasteiger partial charge in [0.25, 0.3) is 11.8 Å². The molecule has 2 aliphatic heterocycles. The predicted molar refractivity (Wildman–Crippen MR) is 119 cm³/mol. The van der Waals surface area contributed by atoms with Gasteiger partial charge in [-0.1, -0.05) is 36.9 Å². The second kappa shape index (κ2) is 7.40. The van der Waals surface area contributed by atoms with Crippen molar-refractivity contribution < 1.29 is 14.4 Å². The predicted octanol–water partition coefficient (Wildman–Crippen LogP) is 3.84. The fourth-order valence-electron chi connectivity index (χ4n) is 4.27. The highest BCUT2D eigenvalue weighted by atomic mass is 16.2. The molecular weight excluding hydrogens is 390 g/mol. The van der Waals surface area contributed by atoms with Gasteiger partial charge in [0.05, 0.1) is 0 Å². The number of amides is 3. The Labute approximate surface area is 179 Å². The maximum absolute atomic E-state index is 12.8. The Hall–Kier alpha value is -3.93. The Bertz CT molecular complexity index is 1260. The second-order valence-corrected chi connectivity index (χ2v) is 7.97. The molecule has 1 unspecified atom stereocenters. The van der Waals surface area contributed by atoms with Crippen LogP contribution in [-0.4, -0.2) is 28.7 Å². The first-order valence-corrected chi connectivity index (χ1v) is 10.2. The number of rotatable bonds is 3. The van der Waals surface area contributed by atoms with Crippen molar-refractivity contribution in [2.45, 2.75) is 25.4 Å². The van der Waals surface area contributed by atoms with Crippen LogP contribution in [0.2, 0.25) is 0 Å². The number of benzene rings is 3. The topological polar surface area (TPSA) is 78.5 Å². The number of hydrogen-bond donors (Lipinski definition) is 2. The molecule has 1 saturated heterocycles. The van der Waals surface area contributed by atoms with Crippen LogP contribution in [0.25, 0.3) is 10.8 Å². The van der Waals surface area contributed by atoms with E-state index in [4.69, 9.17) is 0 Å². The van der Waals surface area contributed by atoms with Gasteiger partial charge in [-0.05, 0) is 59.5 Å². The molecule has 31 heavy (non-hydrogen) atoms. The van der Waals surface area contributed by atoms with Crippen molar-refractivity contribution in [2.75, 3.05) is 5.32 Å². The van der Waals surface area contributed by atoms with E-state index in [9.17, 15) is 14.4 Å². The zero-order valence-electron chi connectivity index (χ0n) is 16.9. The lowest BCUT2D eigenvalue weighted by Gasteiger charge is -2.30. The van der Waals surface area contributed by atoms with Gasteiger partial charge in [-0.2, -0.15) is 0 Å². The van der Waals surface area contributed by atoms with Crippen LogP contribution in [0.4, 0.5) is 5.69 Å². The highest BCUT2D eigenvalue weighted by Crippen LogP contribution is 2.30. The van der Waals surface area contributed by atoms with Crippen LogP contribution in [0.5, 0.6) is 0 Å². The lowest BCUT2D eigenvalue weighted by atomic mass is 10.0. The summed E-state index contributed by atoms with van der Waals surface area (Å²) in [4.78, 5) is 39.5. The zero-order chi connectivity index (χ0) is 21.5. The summed E-state index contributed by atoms with van der Waals surface area (Å²) in [5, 5.41) is 7.73. The summed E-state index contributed by atoms with van der Waals surface area (Å²) in [5.74, 6) is -0.561. The molecule has 3 aromatic rings. The van der Waals surface area contributed by atoms with E-state index >= 15 is 0 Å².